The molecule has 2 rings (SSSR count). The van der Waals surface area contributed by atoms with Gasteiger partial charge in [-0.25, -0.2) is 13.1 Å². The van der Waals surface area contributed by atoms with Crippen molar-refractivity contribution in [1.82, 2.24) is 14.5 Å². The fourth-order valence-electron chi connectivity index (χ4n) is 2.70. The number of nitrogens with one attached hydrogen (secondary N) is 1. The molecule has 0 atom stereocenters. The van der Waals surface area contributed by atoms with Crippen molar-refractivity contribution in [3.63, 3.8) is 0 Å². The van der Waals surface area contributed by atoms with E-state index in [4.69, 9.17) is 5.11 Å². The average Bonchev–Trinajstić information content (AvgIpc) is 2.64. The number of aryl methyl sites for hydroxylation is 1. The van der Waals surface area contributed by atoms with E-state index in [2.05, 4.69) is 9.82 Å². The quantitative estimate of drug-likeness (QED) is 0.779. The predicted molar refractivity (Wildman–Crippen MR) is 84.1 cm³/mol. The average molecular weight is 333 g/mol. The molecular formula is C13H23N3O3S2. The van der Waals surface area contributed by atoms with Gasteiger partial charge in [0, 0.05) is 11.3 Å². The van der Waals surface area contributed by atoms with Gasteiger partial charge in [-0.2, -0.15) is 16.9 Å². The number of aliphatic hydroxyl groups excluding tert-OH is 1. The van der Waals surface area contributed by atoms with Crippen LogP contribution in [-0.2, 0) is 16.6 Å². The second kappa shape index (κ2) is 6.28. The third-order valence-corrected chi connectivity index (χ3v) is 7.25. The van der Waals surface area contributed by atoms with Gasteiger partial charge < -0.3 is 5.11 Å². The van der Waals surface area contributed by atoms with Gasteiger partial charge in [0.25, 0.3) is 0 Å². The van der Waals surface area contributed by atoms with Crippen molar-refractivity contribution < 1.29 is 13.5 Å². The minimum absolute atomic E-state index is 0.0516. The third kappa shape index (κ3) is 3.28. The lowest BCUT2D eigenvalue weighted by Crippen LogP contribution is -2.45. The molecule has 1 aliphatic rings. The van der Waals surface area contributed by atoms with Crippen LogP contribution >= 0.6 is 11.8 Å². The molecule has 8 heteroatoms. The first kappa shape index (κ1) is 16.8. The van der Waals surface area contributed by atoms with Crippen LogP contribution in [0.2, 0.25) is 0 Å². The summed E-state index contributed by atoms with van der Waals surface area (Å²) >= 11 is 1.74. The summed E-state index contributed by atoms with van der Waals surface area (Å²) in [6.45, 7) is 4.10. The summed E-state index contributed by atoms with van der Waals surface area (Å²) in [6.07, 6.45) is 5.30. The highest BCUT2D eigenvalue weighted by molar-refractivity contribution is 8.00. The van der Waals surface area contributed by atoms with E-state index in [-0.39, 0.29) is 16.2 Å². The van der Waals surface area contributed by atoms with Crippen molar-refractivity contribution in [2.45, 2.75) is 49.3 Å². The number of thioether (sulfide) groups is 1. The van der Waals surface area contributed by atoms with Crippen LogP contribution < -0.4 is 4.72 Å². The van der Waals surface area contributed by atoms with Crippen LogP contribution in [0.3, 0.4) is 0 Å². The SMILES string of the molecule is CSC1(CNS(=O)(=O)c2c(C)nn(CCO)c2C)CCC1. The van der Waals surface area contributed by atoms with E-state index < -0.39 is 10.0 Å². The number of rotatable bonds is 7. The van der Waals surface area contributed by atoms with E-state index in [0.29, 0.717) is 24.5 Å². The lowest BCUT2D eigenvalue weighted by molar-refractivity contribution is 0.267. The Morgan fingerprint density at radius 2 is 2.10 bits per heavy atom. The van der Waals surface area contributed by atoms with Crippen LogP contribution in [0.25, 0.3) is 0 Å². The normalized spacial score (nSPS) is 17.7. The van der Waals surface area contributed by atoms with Crippen LogP contribution in [0.15, 0.2) is 4.90 Å². The van der Waals surface area contributed by atoms with Crippen LogP contribution in [0.5, 0.6) is 0 Å². The van der Waals surface area contributed by atoms with Crippen molar-refractivity contribution in [2.75, 3.05) is 19.4 Å². The highest BCUT2D eigenvalue weighted by atomic mass is 32.2. The zero-order valence-electron chi connectivity index (χ0n) is 12.7. The van der Waals surface area contributed by atoms with Crippen molar-refractivity contribution in [2.24, 2.45) is 0 Å². The molecule has 0 spiro atoms. The van der Waals surface area contributed by atoms with Crippen LogP contribution in [0.4, 0.5) is 0 Å². The summed E-state index contributed by atoms with van der Waals surface area (Å²) in [6, 6.07) is 0. The number of hydrogen-bond donors (Lipinski definition) is 2. The standard InChI is InChI=1S/C13H23N3O3S2/c1-10-12(11(2)16(15-10)7-8-17)21(18,19)14-9-13(20-3)5-4-6-13/h14,17H,4-9H2,1-3H3. The molecule has 1 saturated carbocycles. The Morgan fingerprint density at radius 3 is 2.57 bits per heavy atom. The molecule has 120 valence electrons. The molecular weight excluding hydrogens is 310 g/mol. The monoisotopic (exact) mass is 333 g/mol. The molecule has 0 bridgehead atoms. The summed E-state index contributed by atoms with van der Waals surface area (Å²) in [5.41, 5.74) is 1.04. The summed E-state index contributed by atoms with van der Waals surface area (Å²) in [5, 5.41) is 13.2. The van der Waals surface area contributed by atoms with Gasteiger partial charge in [0.1, 0.15) is 4.90 Å². The Labute approximate surface area is 130 Å². The highest BCUT2D eigenvalue weighted by Gasteiger charge is 2.37. The summed E-state index contributed by atoms with van der Waals surface area (Å²) in [5.74, 6) is 0. The molecule has 1 heterocycles. The Bertz CT molecular complexity index is 601. The molecule has 0 aromatic carbocycles. The molecule has 2 N–H and O–H groups in total. The fraction of sp³-hybridized carbons (Fsp3) is 0.769. The van der Waals surface area contributed by atoms with E-state index in [0.717, 1.165) is 19.3 Å². The first-order chi connectivity index (χ1) is 9.85. The van der Waals surface area contributed by atoms with Gasteiger partial charge in [-0.3, -0.25) is 4.68 Å². The first-order valence-corrected chi connectivity index (χ1v) is 9.76. The van der Waals surface area contributed by atoms with Gasteiger partial charge in [0.05, 0.1) is 24.5 Å². The Hall–Kier alpha value is -0.570. The molecule has 0 unspecified atom stereocenters. The van der Waals surface area contributed by atoms with Crippen LogP contribution in [-0.4, -0.2) is 47.5 Å². The maximum atomic E-state index is 12.6. The van der Waals surface area contributed by atoms with Crippen LogP contribution in [0.1, 0.15) is 30.7 Å². The van der Waals surface area contributed by atoms with Crippen molar-refractivity contribution >= 4 is 21.8 Å². The molecule has 6 nitrogen and oxygen atoms in total. The van der Waals surface area contributed by atoms with E-state index in [9.17, 15) is 8.42 Å². The maximum absolute atomic E-state index is 12.6. The number of aromatic nitrogens is 2. The predicted octanol–water partition coefficient (Wildman–Crippen LogP) is 1.06. The Kier molecular flexibility index (Phi) is 5.02. The second-order valence-electron chi connectivity index (χ2n) is 5.51. The van der Waals surface area contributed by atoms with Gasteiger partial charge in [0.2, 0.25) is 10.0 Å². The topological polar surface area (TPSA) is 84.2 Å². The van der Waals surface area contributed by atoms with E-state index >= 15 is 0 Å². The van der Waals surface area contributed by atoms with Gasteiger partial charge in [-0.05, 0) is 32.9 Å². The third-order valence-electron chi connectivity index (χ3n) is 4.18. The zero-order valence-corrected chi connectivity index (χ0v) is 14.4. The van der Waals surface area contributed by atoms with E-state index in [1.807, 2.05) is 6.26 Å². The van der Waals surface area contributed by atoms with E-state index in [1.165, 1.54) is 4.68 Å². The van der Waals surface area contributed by atoms with E-state index in [1.54, 1.807) is 25.6 Å². The number of hydrogen-bond acceptors (Lipinski definition) is 5. The minimum atomic E-state index is -3.57. The summed E-state index contributed by atoms with van der Waals surface area (Å²) < 4.78 is 29.4. The summed E-state index contributed by atoms with van der Waals surface area (Å²) in [4.78, 5) is 0.242. The zero-order chi connectivity index (χ0) is 15.7. The summed E-state index contributed by atoms with van der Waals surface area (Å²) in [7, 11) is -3.57. The number of sulfonamides is 1. The van der Waals surface area contributed by atoms with Gasteiger partial charge >= 0.3 is 0 Å². The van der Waals surface area contributed by atoms with Gasteiger partial charge in [-0.1, -0.05) is 6.42 Å². The Balaban J connectivity index is 2.19. The largest absolute Gasteiger partial charge is 0.394 e. The number of nitrogens with zero attached hydrogens (tertiary/aromatic N) is 2. The fourth-order valence-corrected chi connectivity index (χ4v) is 5.24. The Morgan fingerprint density at radius 1 is 1.43 bits per heavy atom. The lowest BCUT2D eigenvalue weighted by atomic mass is 9.84. The maximum Gasteiger partial charge on any atom is 0.244 e. The van der Waals surface area contributed by atoms with Gasteiger partial charge in [0.15, 0.2) is 0 Å². The molecule has 1 aromatic heterocycles. The molecule has 21 heavy (non-hydrogen) atoms. The molecule has 0 radical (unpaired) electrons. The number of aliphatic hydroxyl groups is 1. The minimum Gasteiger partial charge on any atom is -0.394 e. The molecule has 1 aliphatic carbocycles. The molecule has 1 fully saturated rings. The first-order valence-electron chi connectivity index (χ1n) is 7.05. The highest BCUT2D eigenvalue weighted by Crippen LogP contribution is 2.42. The molecule has 0 amide bonds. The van der Waals surface area contributed by atoms with Crippen molar-refractivity contribution in [3.05, 3.63) is 11.4 Å². The van der Waals surface area contributed by atoms with Crippen LogP contribution in [0, 0.1) is 13.8 Å². The second-order valence-corrected chi connectivity index (χ2v) is 8.49. The van der Waals surface area contributed by atoms with Crippen molar-refractivity contribution in [3.8, 4) is 0 Å². The van der Waals surface area contributed by atoms with Crippen molar-refractivity contribution in [1.29, 1.82) is 0 Å². The molecule has 1 aromatic rings. The smallest absolute Gasteiger partial charge is 0.244 e. The molecule has 0 aliphatic heterocycles. The lowest BCUT2D eigenvalue weighted by Gasteiger charge is -2.40. The molecule has 0 saturated heterocycles. The van der Waals surface area contributed by atoms with Gasteiger partial charge in [-0.15, -0.1) is 0 Å².